The Bertz CT molecular complexity index is 555. The van der Waals surface area contributed by atoms with Crippen molar-refractivity contribution in [3.8, 4) is 6.07 Å². The van der Waals surface area contributed by atoms with Gasteiger partial charge in [0.05, 0.1) is 30.9 Å². The first-order chi connectivity index (χ1) is 8.97. The molecule has 2 rings (SSSR count). The first-order valence-electron chi connectivity index (χ1n) is 5.74. The molecule has 2 N–H and O–H groups in total. The highest BCUT2D eigenvalue weighted by Gasteiger charge is 2.46. The molecule has 0 spiro atoms. The van der Waals surface area contributed by atoms with E-state index in [0.29, 0.717) is 12.2 Å². The molecule has 5 nitrogen and oxygen atoms in total. The molecule has 1 saturated heterocycles. The van der Waals surface area contributed by atoms with Crippen LogP contribution in [0.15, 0.2) is 22.7 Å². The number of rotatable bonds is 3. The maximum atomic E-state index is 11.3. The summed E-state index contributed by atoms with van der Waals surface area (Å²) in [6, 6.07) is 6.86. The summed E-state index contributed by atoms with van der Waals surface area (Å²) in [5, 5.41) is 21.3. The Balaban J connectivity index is 2.22. The van der Waals surface area contributed by atoms with Crippen LogP contribution in [0.1, 0.15) is 12.5 Å². The topological polar surface area (TPSA) is 82.3 Å². The zero-order valence-corrected chi connectivity index (χ0v) is 11.9. The number of nitrogens with one attached hydrogen (secondary N) is 1. The fraction of sp³-hybridized carbons (Fsp3) is 0.385. The van der Waals surface area contributed by atoms with Crippen molar-refractivity contribution in [3.05, 3.63) is 28.2 Å². The number of carboxylic acid groups (broad SMARTS) is 1. The van der Waals surface area contributed by atoms with Crippen molar-refractivity contribution in [1.29, 1.82) is 5.26 Å². The van der Waals surface area contributed by atoms with Gasteiger partial charge in [-0.3, -0.25) is 4.79 Å². The molecule has 0 bridgehead atoms. The number of hydrogen-bond acceptors (Lipinski definition) is 4. The number of anilines is 1. The molecule has 0 aromatic heterocycles. The number of halogens is 1. The van der Waals surface area contributed by atoms with Crippen molar-refractivity contribution < 1.29 is 14.6 Å². The highest BCUT2D eigenvalue weighted by atomic mass is 79.9. The van der Waals surface area contributed by atoms with Crippen molar-refractivity contribution in [2.75, 3.05) is 18.5 Å². The Morgan fingerprint density at radius 2 is 2.42 bits per heavy atom. The van der Waals surface area contributed by atoms with Crippen LogP contribution in [0.2, 0.25) is 0 Å². The van der Waals surface area contributed by atoms with Crippen LogP contribution in [0.5, 0.6) is 0 Å². The fourth-order valence-corrected chi connectivity index (χ4v) is 2.47. The molecule has 1 aliphatic rings. The lowest BCUT2D eigenvalue weighted by Crippen LogP contribution is -2.43. The van der Waals surface area contributed by atoms with E-state index in [4.69, 9.17) is 10.00 Å². The van der Waals surface area contributed by atoms with E-state index in [0.717, 1.165) is 10.2 Å². The van der Waals surface area contributed by atoms with E-state index < -0.39 is 11.4 Å². The number of hydrogen-bond donors (Lipinski definition) is 2. The summed E-state index contributed by atoms with van der Waals surface area (Å²) in [4.78, 5) is 11.3. The Kier molecular flexibility index (Phi) is 3.78. The molecule has 1 aliphatic heterocycles. The SMILES string of the molecule is CC1(C(=O)O)COCC1Nc1ccc(C#N)cc1Br. The Morgan fingerprint density at radius 1 is 1.68 bits per heavy atom. The van der Waals surface area contributed by atoms with Crippen LogP contribution < -0.4 is 5.32 Å². The zero-order valence-electron chi connectivity index (χ0n) is 10.3. The van der Waals surface area contributed by atoms with Crippen LogP contribution in [-0.4, -0.2) is 30.3 Å². The Morgan fingerprint density at radius 3 is 3.00 bits per heavy atom. The van der Waals surface area contributed by atoms with Gasteiger partial charge in [-0.2, -0.15) is 5.26 Å². The number of aliphatic carboxylic acids is 1. The lowest BCUT2D eigenvalue weighted by Gasteiger charge is -2.26. The zero-order chi connectivity index (χ0) is 14.0. The van der Waals surface area contributed by atoms with Crippen LogP contribution in [0.3, 0.4) is 0 Å². The lowest BCUT2D eigenvalue weighted by atomic mass is 9.85. The van der Waals surface area contributed by atoms with E-state index in [1.54, 1.807) is 25.1 Å². The molecule has 0 saturated carbocycles. The van der Waals surface area contributed by atoms with Gasteiger partial charge in [0.2, 0.25) is 0 Å². The third kappa shape index (κ3) is 2.57. The summed E-state index contributed by atoms with van der Waals surface area (Å²) in [6.07, 6.45) is 0. The second-order valence-corrected chi connectivity index (χ2v) is 5.60. The van der Waals surface area contributed by atoms with E-state index in [1.807, 2.05) is 6.07 Å². The summed E-state index contributed by atoms with van der Waals surface area (Å²) < 4.78 is 6.01. The molecule has 0 amide bonds. The van der Waals surface area contributed by atoms with Crippen molar-refractivity contribution in [2.24, 2.45) is 5.41 Å². The average Bonchev–Trinajstić information content (AvgIpc) is 2.75. The maximum absolute atomic E-state index is 11.3. The van der Waals surface area contributed by atoms with E-state index in [1.165, 1.54) is 0 Å². The molecular formula is C13H13BrN2O3. The summed E-state index contributed by atoms with van der Waals surface area (Å²) in [5.74, 6) is -0.882. The van der Waals surface area contributed by atoms with E-state index in [2.05, 4.69) is 21.2 Å². The van der Waals surface area contributed by atoms with Gasteiger partial charge < -0.3 is 15.2 Å². The van der Waals surface area contributed by atoms with Crippen molar-refractivity contribution >= 4 is 27.6 Å². The van der Waals surface area contributed by atoms with Crippen molar-refractivity contribution in [3.63, 3.8) is 0 Å². The summed E-state index contributed by atoms with van der Waals surface area (Å²) >= 11 is 3.37. The third-order valence-electron chi connectivity index (χ3n) is 3.37. The maximum Gasteiger partial charge on any atom is 0.313 e. The largest absolute Gasteiger partial charge is 0.481 e. The third-order valence-corrected chi connectivity index (χ3v) is 4.03. The Hall–Kier alpha value is -1.58. The van der Waals surface area contributed by atoms with Crippen molar-refractivity contribution in [1.82, 2.24) is 0 Å². The van der Waals surface area contributed by atoms with Gasteiger partial charge >= 0.3 is 5.97 Å². The minimum absolute atomic E-state index is 0.188. The van der Waals surface area contributed by atoms with Crippen LogP contribution in [0, 0.1) is 16.7 Å². The highest BCUT2D eigenvalue weighted by Crippen LogP contribution is 2.33. The van der Waals surface area contributed by atoms with E-state index >= 15 is 0 Å². The van der Waals surface area contributed by atoms with Crippen LogP contribution in [-0.2, 0) is 9.53 Å². The number of nitrogens with zero attached hydrogens (tertiary/aromatic N) is 1. The predicted octanol–water partition coefficient (Wildman–Crippen LogP) is 2.22. The quantitative estimate of drug-likeness (QED) is 0.890. The first-order valence-corrected chi connectivity index (χ1v) is 6.54. The summed E-state index contributed by atoms with van der Waals surface area (Å²) in [5.41, 5.74) is 0.343. The standard InChI is InChI=1S/C13H13BrN2O3/c1-13(12(17)18)7-19-6-11(13)16-10-3-2-8(5-15)4-9(10)14/h2-4,11,16H,6-7H2,1H3,(H,17,18). The predicted molar refractivity (Wildman–Crippen MR) is 72.8 cm³/mol. The van der Waals surface area contributed by atoms with Crippen LogP contribution >= 0.6 is 15.9 Å². The lowest BCUT2D eigenvalue weighted by molar-refractivity contribution is -0.148. The number of benzene rings is 1. The molecule has 0 radical (unpaired) electrons. The van der Waals surface area contributed by atoms with Gasteiger partial charge in [-0.1, -0.05) is 0 Å². The molecule has 1 aromatic carbocycles. The number of carboxylic acids is 1. The van der Waals surface area contributed by atoms with Gasteiger partial charge in [0.15, 0.2) is 0 Å². The first kappa shape index (κ1) is 13.8. The van der Waals surface area contributed by atoms with Gasteiger partial charge in [0, 0.05) is 10.2 Å². The molecule has 19 heavy (non-hydrogen) atoms. The van der Waals surface area contributed by atoms with Crippen LogP contribution in [0.4, 0.5) is 5.69 Å². The fourth-order valence-electron chi connectivity index (χ4n) is 1.97. The molecule has 1 fully saturated rings. The van der Waals surface area contributed by atoms with E-state index in [9.17, 15) is 9.90 Å². The molecule has 0 aliphatic carbocycles. The van der Waals surface area contributed by atoms with Crippen LogP contribution in [0.25, 0.3) is 0 Å². The molecular weight excluding hydrogens is 312 g/mol. The molecule has 2 unspecified atom stereocenters. The average molecular weight is 325 g/mol. The smallest absolute Gasteiger partial charge is 0.313 e. The summed E-state index contributed by atoms with van der Waals surface area (Å²) in [7, 11) is 0. The van der Waals surface area contributed by atoms with Gasteiger partial charge in [0.25, 0.3) is 0 Å². The molecule has 2 atom stereocenters. The van der Waals surface area contributed by atoms with Gasteiger partial charge in [0.1, 0.15) is 5.41 Å². The summed E-state index contributed by atoms with van der Waals surface area (Å²) in [6.45, 7) is 2.20. The number of ether oxygens (including phenoxy) is 1. The number of nitriles is 1. The number of carbonyl (C=O) groups is 1. The minimum atomic E-state index is -0.951. The highest BCUT2D eigenvalue weighted by molar-refractivity contribution is 9.10. The molecule has 6 heteroatoms. The van der Waals surface area contributed by atoms with Gasteiger partial charge in [-0.05, 0) is 41.1 Å². The van der Waals surface area contributed by atoms with Gasteiger partial charge in [-0.15, -0.1) is 0 Å². The minimum Gasteiger partial charge on any atom is -0.481 e. The normalized spacial score (nSPS) is 25.8. The van der Waals surface area contributed by atoms with Gasteiger partial charge in [-0.25, -0.2) is 0 Å². The molecule has 1 heterocycles. The Labute approximate surface area is 119 Å². The second-order valence-electron chi connectivity index (χ2n) is 4.74. The van der Waals surface area contributed by atoms with E-state index in [-0.39, 0.29) is 12.6 Å². The van der Waals surface area contributed by atoms with Crippen molar-refractivity contribution in [2.45, 2.75) is 13.0 Å². The second kappa shape index (κ2) is 5.19. The monoisotopic (exact) mass is 324 g/mol. The molecule has 1 aromatic rings. The molecule has 100 valence electrons.